The maximum atomic E-state index is 12.5. The number of piperidine rings is 1. The quantitative estimate of drug-likeness (QED) is 0.831. The SMILES string of the molecule is Cc1ccc(C(=O)N2CCC(NC(=O)c3ccccc3S)CC2)cc1. The van der Waals surface area contributed by atoms with Gasteiger partial charge in [0.1, 0.15) is 0 Å². The van der Waals surface area contributed by atoms with E-state index in [1.165, 1.54) is 0 Å². The van der Waals surface area contributed by atoms with Crippen molar-refractivity contribution in [1.29, 1.82) is 0 Å². The van der Waals surface area contributed by atoms with Gasteiger partial charge in [0, 0.05) is 29.6 Å². The molecule has 0 radical (unpaired) electrons. The van der Waals surface area contributed by atoms with Crippen LogP contribution in [0.3, 0.4) is 0 Å². The summed E-state index contributed by atoms with van der Waals surface area (Å²) in [6, 6.07) is 15.0. The molecule has 2 amide bonds. The molecule has 1 aliphatic heterocycles. The van der Waals surface area contributed by atoms with Gasteiger partial charge in [-0.25, -0.2) is 0 Å². The Morgan fingerprint density at radius 1 is 1.04 bits per heavy atom. The third-order valence-corrected chi connectivity index (χ3v) is 4.95. The Morgan fingerprint density at radius 3 is 2.32 bits per heavy atom. The number of likely N-dealkylation sites (tertiary alicyclic amines) is 1. The highest BCUT2D eigenvalue weighted by Crippen LogP contribution is 2.17. The third kappa shape index (κ3) is 4.23. The molecule has 0 bridgehead atoms. The number of nitrogens with one attached hydrogen (secondary N) is 1. The second-order valence-electron chi connectivity index (χ2n) is 6.42. The molecule has 1 aliphatic rings. The first-order valence-electron chi connectivity index (χ1n) is 8.49. The zero-order valence-corrected chi connectivity index (χ0v) is 15.1. The predicted molar refractivity (Wildman–Crippen MR) is 101 cm³/mol. The van der Waals surface area contributed by atoms with Crippen molar-refractivity contribution in [3.8, 4) is 0 Å². The first-order valence-corrected chi connectivity index (χ1v) is 8.94. The average Bonchev–Trinajstić information content (AvgIpc) is 2.63. The summed E-state index contributed by atoms with van der Waals surface area (Å²) in [5.74, 6) is -0.0422. The molecule has 0 spiro atoms. The van der Waals surface area contributed by atoms with Gasteiger partial charge >= 0.3 is 0 Å². The molecule has 0 saturated carbocycles. The van der Waals surface area contributed by atoms with Gasteiger partial charge in [0.25, 0.3) is 11.8 Å². The summed E-state index contributed by atoms with van der Waals surface area (Å²) in [5, 5.41) is 3.06. The van der Waals surface area contributed by atoms with Crippen molar-refractivity contribution >= 4 is 24.4 Å². The van der Waals surface area contributed by atoms with Gasteiger partial charge in [-0.1, -0.05) is 29.8 Å². The number of rotatable bonds is 3. The molecule has 130 valence electrons. The van der Waals surface area contributed by atoms with Gasteiger partial charge in [-0.2, -0.15) is 0 Å². The summed E-state index contributed by atoms with van der Waals surface area (Å²) in [6.45, 7) is 3.31. The maximum Gasteiger partial charge on any atom is 0.253 e. The Balaban J connectivity index is 1.55. The smallest absolute Gasteiger partial charge is 0.253 e. The molecule has 1 heterocycles. The second-order valence-corrected chi connectivity index (χ2v) is 6.90. The minimum absolute atomic E-state index is 0.0606. The van der Waals surface area contributed by atoms with E-state index in [1.807, 2.05) is 48.2 Å². The fourth-order valence-electron chi connectivity index (χ4n) is 3.03. The van der Waals surface area contributed by atoms with Crippen LogP contribution in [-0.4, -0.2) is 35.8 Å². The van der Waals surface area contributed by atoms with Crippen LogP contribution in [0.5, 0.6) is 0 Å². The number of hydrogen-bond donors (Lipinski definition) is 2. The Morgan fingerprint density at radius 2 is 1.68 bits per heavy atom. The van der Waals surface area contributed by atoms with Gasteiger partial charge in [0.15, 0.2) is 0 Å². The van der Waals surface area contributed by atoms with E-state index in [-0.39, 0.29) is 17.9 Å². The molecule has 0 aliphatic carbocycles. The molecule has 1 fully saturated rings. The average molecular weight is 354 g/mol. The summed E-state index contributed by atoms with van der Waals surface area (Å²) in [7, 11) is 0. The zero-order chi connectivity index (χ0) is 17.8. The number of carbonyl (C=O) groups is 2. The monoisotopic (exact) mass is 354 g/mol. The van der Waals surface area contributed by atoms with E-state index in [2.05, 4.69) is 17.9 Å². The summed E-state index contributed by atoms with van der Waals surface area (Å²) >= 11 is 4.33. The van der Waals surface area contributed by atoms with Gasteiger partial charge in [-0.15, -0.1) is 12.6 Å². The van der Waals surface area contributed by atoms with Gasteiger partial charge in [0.05, 0.1) is 5.56 Å². The second kappa shape index (κ2) is 7.74. The number of thiol groups is 1. The molecule has 0 unspecified atom stereocenters. The fraction of sp³-hybridized carbons (Fsp3) is 0.300. The van der Waals surface area contributed by atoms with Crippen LogP contribution >= 0.6 is 12.6 Å². The van der Waals surface area contributed by atoms with E-state index < -0.39 is 0 Å². The van der Waals surface area contributed by atoms with Crippen LogP contribution in [-0.2, 0) is 0 Å². The molecule has 1 N–H and O–H groups in total. The van der Waals surface area contributed by atoms with E-state index in [0.29, 0.717) is 23.5 Å². The van der Waals surface area contributed by atoms with Crippen LogP contribution in [0.4, 0.5) is 0 Å². The molecule has 0 aromatic heterocycles. The Kier molecular flexibility index (Phi) is 5.43. The number of amides is 2. The van der Waals surface area contributed by atoms with Crippen molar-refractivity contribution in [1.82, 2.24) is 10.2 Å². The lowest BCUT2D eigenvalue weighted by Crippen LogP contribution is -2.46. The van der Waals surface area contributed by atoms with Crippen molar-refractivity contribution in [3.63, 3.8) is 0 Å². The van der Waals surface area contributed by atoms with Crippen LogP contribution in [0.2, 0.25) is 0 Å². The van der Waals surface area contributed by atoms with Crippen LogP contribution in [0, 0.1) is 6.92 Å². The molecular weight excluding hydrogens is 332 g/mol. The number of nitrogens with zero attached hydrogens (tertiary/aromatic N) is 1. The molecule has 4 nitrogen and oxygen atoms in total. The van der Waals surface area contributed by atoms with E-state index in [0.717, 1.165) is 24.0 Å². The molecule has 3 rings (SSSR count). The standard InChI is InChI=1S/C20H22N2O2S/c1-14-6-8-15(9-7-14)20(24)22-12-10-16(11-13-22)21-19(23)17-4-2-3-5-18(17)25/h2-9,16,25H,10-13H2,1H3,(H,21,23). The molecule has 2 aromatic rings. The van der Waals surface area contributed by atoms with Gasteiger partial charge in [-0.3, -0.25) is 9.59 Å². The first kappa shape index (κ1) is 17.5. The summed E-state index contributed by atoms with van der Waals surface area (Å²) < 4.78 is 0. The van der Waals surface area contributed by atoms with Crippen LogP contribution in [0.1, 0.15) is 39.1 Å². The predicted octanol–water partition coefficient (Wildman–Crippen LogP) is 3.32. The van der Waals surface area contributed by atoms with Gasteiger partial charge < -0.3 is 10.2 Å². The van der Waals surface area contributed by atoms with E-state index >= 15 is 0 Å². The summed E-state index contributed by atoms with van der Waals surface area (Å²) in [4.78, 5) is 27.4. The maximum absolute atomic E-state index is 12.5. The zero-order valence-electron chi connectivity index (χ0n) is 14.2. The number of carbonyl (C=O) groups excluding carboxylic acids is 2. The molecule has 2 aromatic carbocycles. The topological polar surface area (TPSA) is 49.4 Å². The normalized spacial score (nSPS) is 15.0. The summed E-state index contributed by atoms with van der Waals surface area (Å²) in [5.41, 5.74) is 2.45. The lowest BCUT2D eigenvalue weighted by Gasteiger charge is -2.32. The Bertz CT molecular complexity index is 766. The third-order valence-electron chi connectivity index (χ3n) is 4.56. The molecular formula is C20H22N2O2S. The van der Waals surface area contributed by atoms with Crippen LogP contribution in [0.15, 0.2) is 53.4 Å². The van der Waals surface area contributed by atoms with E-state index in [9.17, 15) is 9.59 Å². The molecule has 5 heteroatoms. The highest BCUT2D eigenvalue weighted by atomic mass is 32.1. The van der Waals surface area contributed by atoms with Crippen molar-refractivity contribution in [2.75, 3.05) is 13.1 Å². The van der Waals surface area contributed by atoms with Gasteiger partial charge in [0.2, 0.25) is 0 Å². The summed E-state index contributed by atoms with van der Waals surface area (Å²) in [6.07, 6.45) is 1.52. The molecule has 25 heavy (non-hydrogen) atoms. The highest BCUT2D eigenvalue weighted by Gasteiger charge is 2.25. The Labute approximate surface area is 153 Å². The van der Waals surface area contributed by atoms with Crippen LogP contribution in [0.25, 0.3) is 0 Å². The number of benzene rings is 2. The van der Waals surface area contributed by atoms with Crippen molar-refractivity contribution in [2.45, 2.75) is 30.7 Å². The first-order chi connectivity index (χ1) is 12.0. The highest BCUT2D eigenvalue weighted by molar-refractivity contribution is 7.80. The largest absolute Gasteiger partial charge is 0.349 e. The lowest BCUT2D eigenvalue weighted by molar-refractivity contribution is 0.0698. The Hall–Kier alpha value is -2.27. The molecule has 1 saturated heterocycles. The van der Waals surface area contributed by atoms with Crippen molar-refractivity contribution in [2.24, 2.45) is 0 Å². The minimum atomic E-state index is -0.103. The van der Waals surface area contributed by atoms with Crippen molar-refractivity contribution < 1.29 is 9.59 Å². The van der Waals surface area contributed by atoms with E-state index in [4.69, 9.17) is 0 Å². The molecule has 0 atom stereocenters. The van der Waals surface area contributed by atoms with E-state index in [1.54, 1.807) is 12.1 Å². The fourth-order valence-corrected chi connectivity index (χ4v) is 3.30. The minimum Gasteiger partial charge on any atom is -0.349 e. The number of hydrogen-bond acceptors (Lipinski definition) is 3. The lowest BCUT2D eigenvalue weighted by atomic mass is 10.0. The van der Waals surface area contributed by atoms with Crippen LogP contribution < -0.4 is 5.32 Å². The van der Waals surface area contributed by atoms with Gasteiger partial charge in [-0.05, 0) is 44.0 Å². The van der Waals surface area contributed by atoms with Crippen molar-refractivity contribution in [3.05, 3.63) is 65.2 Å². The number of aryl methyl sites for hydroxylation is 1.